The maximum Gasteiger partial charge on any atom is 0.312 e. The standard InChI is InChI=1S/C23H28ClN3O3/c1-4-30-21-9-8-16(2)14-20(21)17(3)25-22(28)23(29)27-12-10-26(11-13-27)19-7-5-6-18(24)15-19/h5-9,14-15,17H,4,10-13H2,1-3H3,(H,25,28). The molecule has 1 heterocycles. The number of piperazine rings is 1. The van der Waals surface area contributed by atoms with Crippen LogP contribution >= 0.6 is 11.6 Å². The smallest absolute Gasteiger partial charge is 0.312 e. The highest BCUT2D eigenvalue weighted by Crippen LogP contribution is 2.26. The molecule has 0 spiro atoms. The number of hydrogen-bond donors (Lipinski definition) is 1. The van der Waals surface area contributed by atoms with Crippen molar-refractivity contribution in [2.45, 2.75) is 26.8 Å². The van der Waals surface area contributed by atoms with Crippen LogP contribution in [0.15, 0.2) is 42.5 Å². The largest absolute Gasteiger partial charge is 0.494 e. The van der Waals surface area contributed by atoms with Crippen molar-refractivity contribution >= 4 is 29.1 Å². The van der Waals surface area contributed by atoms with Crippen LogP contribution in [0.1, 0.15) is 31.0 Å². The first-order chi connectivity index (χ1) is 14.4. The van der Waals surface area contributed by atoms with Crippen LogP contribution in [0.5, 0.6) is 5.75 Å². The molecule has 1 atom stereocenters. The van der Waals surface area contributed by atoms with Crippen molar-refractivity contribution in [2.24, 2.45) is 0 Å². The Bertz CT molecular complexity index is 910. The second kappa shape index (κ2) is 9.85. The third-order valence-corrected chi connectivity index (χ3v) is 5.45. The number of hydrogen-bond acceptors (Lipinski definition) is 4. The number of anilines is 1. The van der Waals surface area contributed by atoms with Crippen LogP contribution in [0, 0.1) is 6.92 Å². The Morgan fingerprint density at radius 3 is 2.53 bits per heavy atom. The van der Waals surface area contributed by atoms with Gasteiger partial charge in [0.15, 0.2) is 0 Å². The first-order valence-corrected chi connectivity index (χ1v) is 10.6. The normalized spacial score (nSPS) is 14.9. The Balaban J connectivity index is 1.59. The highest BCUT2D eigenvalue weighted by Gasteiger charge is 2.27. The molecular weight excluding hydrogens is 402 g/mol. The van der Waals surface area contributed by atoms with E-state index in [1.165, 1.54) is 0 Å². The SMILES string of the molecule is CCOc1ccc(C)cc1C(C)NC(=O)C(=O)N1CCN(c2cccc(Cl)c2)CC1. The molecule has 0 radical (unpaired) electrons. The van der Waals surface area contributed by atoms with Crippen molar-refractivity contribution in [2.75, 3.05) is 37.7 Å². The van der Waals surface area contributed by atoms with Crippen molar-refractivity contribution in [3.63, 3.8) is 0 Å². The number of nitrogens with zero attached hydrogens (tertiary/aromatic N) is 2. The zero-order chi connectivity index (χ0) is 21.7. The summed E-state index contributed by atoms with van der Waals surface area (Å²) < 4.78 is 5.67. The van der Waals surface area contributed by atoms with Gasteiger partial charge in [-0.15, -0.1) is 0 Å². The van der Waals surface area contributed by atoms with E-state index in [4.69, 9.17) is 16.3 Å². The Hall–Kier alpha value is -2.73. The van der Waals surface area contributed by atoms with Crippen LogP contribution < -0.4 is 15.0 Å². The Morgan fingerprint density at radius 1 is 1.13 bits per heavy atom. The number of benzene rings is 2. The van der Waals surface area contributed by atoms with E-state index in [2.05, 4.69) is 10.2 Å². The van der Waals surface area contributed by atoms with Crippen LogP contribution in [-0.4, -0.2) is 49.5 Å². The molecule has 1 fully saturated rings. The molecule has 7 heteroatoms. The first kappa shape index (κ1) is 22.0. The van der Waals surface area contributed by atoms with E-state index in [1.807, 2.05) is 63.2 Å². The monoisotopic (exact) mass is 429 g/mol. The molecule has 0 aromatic heterocycles. The molecule has 0 bridgehead atoms. The average Bonchev–Trinajstić information content (AvgIpc) is 2.74. The third-order valence-electron chi connectivity index (χ3n) is 5.21. The van der Waals surface area contributed by atoms with Gasteiger partial charge < -0.3 is 19.9 Å². The van der Waals surface area contributed by atoms with Crippen LogP contribution in [0.25, 0.3) is 0 Å². The van der Waals surface area contributed by atoms with Gasteiger partial charge in [0, 0.05) is 42.5 Å². The molecule has 1 N–H and O–H groups in total. The molecule has 1 saturated heterocycles. The number of carbonyl (C=O) groups excluding carboxylic acids is 2. The van der Waals surface area contributed by atoms with Crippen LogP contribution in [0.3, 0.4) is 0 Å². The number of ether oxygens (including phenoxy) is 1. The highest BCUT2D eigenvalue weighted by atomic mass is 35.5. The summed E-state index contributed by atoms with van der Waals surface area (Å²) in [5.74, 6) is -0.376. The zero-order valence-corrected chi connectivity index (χ0v) is 18.4. The molecular formula is C23H28ClN3O3. The van der Waals surface area contributed by atoms with Gasteiger partial charge in [-0.05, 0) is 45.0 Å². The Labute approximate surface area is 182 Å². The zero-order valence-electron chi connectivity index (χ0n) is 17.7. The first-order valence-electron chi connectivity index (χ1n) is 10.2. The van der Waals surface area contributed by atoms with Crippen LogP contribution in [-0.2, 0) is 9.59 Å². The van der Waals surface area contributed by atoms with Gasteiger partial charge in [-0.3, -0.25) is 9.59 Å². The fourth-order valence-corrected chi connectivity index (χ4v) is 3.80. The van der Waals surface area contributed by atoms with Gasteiger partial charge in [-0.25, -0.2) is 0 Å². The molecule has 2 aromatic rings. The summed E-state index contributed by atoms with van der Waals surface area (Å²) in [5.41, 5.74) is 2.96. The van der Waals surface area contributed by atoms with Gasteiger partial charge in [0.1, 0.15) is 5.75 Å². The summed E-state index contributed by atoms with van der Waals surface area (Å²) in [6.45, 7) is 8.58. The van der Waals surface area contributed by atoms with Crippen LogP contribution in [0.2, 0.25) is 5.02 Å². The molecule has 160 valence electrons. The second-order valence-electron chi connectivity index (χ2n) is 7.43. The lowest BCUT2D eigenvalue weighted by Crippen LogP contribution is -2.52. The summed E-state index contributed by atoms with van der Waals surface area (Å²) >= 11 is 6.07. The van der Waals surface area contributed by atoms with Gasteiger partial charge in [0.25, 0.3) is 0 Å². The highest BCUT2D eigenvalue weighted by molar-refractivity contribution is 6.35. The summed E-state index contributed by atoms with van der Waals surface area (Å²) in [6, 6.07) is 13.1. The fourth-order valence-electron chi connectivity index (χ4n) is 3.61. The molecule has 1 aliphatic heterocycles. The van der Waals surface area contributed by atoms with E-state index < -0.39 is 11.8 Å². The van der Waals surface area contributed by atoms with Crippen molar-refractivity contribution in [3.8, 4) is 5.75 Å². The maximum atomic E-state index is 12.7. The number of nitrogens with one attached hydrogen (secondary N) is 1. The number of halogens is 1. The van der Waals surface area contributed by atoms with Gasteiger partial charge in [0.2, 0.25) is 0 Å². The van der Waals surface area contributed by atoms with E-state index in [9.17, 15) is 9.59 Å². The van der Waals surface area contributed by atoms with Crippen molar-refractivity contribution in [1.29, 1.82) is 0 Å². The molecule has 2 amide bonds. The molecule has 6 nitrogen and oxygen atoms in total. The number of carbonyl (C=O) groups is 2. The number of amides is 2. The van der Waals surface area contributed by atoms with Gasteiger partial charge in [-0.2, -0.15) is 0 Å². The van der Waals surface area contributed by atoms with Crippen LogP contribution in [0.4, 0.5) is 5.69 Å². The molecule has 0 saturated carbocycles. The lowest BCUT2D eigenvalue weighted by Gasteiger charge is -2.36. The quantitative estimate of drug-likeness (QED) is 0.738. The van der Waals surface area contributed by atoms with Crippen molar-refractivity contribution < 1.29 is 14.3 Å². The minimum Gasteiger partial charge on any atom is -0.494 e. The molecule has 1 unspecified atom stereocenters. The van der Waals surface area contributed by atoms with E-state index in [0.29, 0.717) is 37.8 Å². The van der Waals surface area contributed by atoms with Gasteiger partial charge in [0.05, 0.1) is 12.6 Å². The number of aryl methyl sites for hydroxylation is 1. The van der Waals surface area contributed by atoms with Gasteiger partial charge >= 0.3 is 11.8 Å². The number of rotatable bonds is 5. The summed E-state index contributed by atoms with van der Waals surface area (Å²) in [7, 11) is 0. The Morgan fingerprint density at radius 2 is 1.87 bits per heavy atom. The van der Waals surface area contributed by atoms with Crippen molar-refractivity contribution in [1.82, 2.24) is 10.2 Å². The summed E-state index contributed by atoms with van der Waals surface area (Å²) in [5, 5.41) is 3.51. The molecule has 1 aliphatic rings. The third kappa shape index (κ3) is 5.25. The van der Waals surface area contributed by atoms with Gasteiger partial charge in [-0.1, -0.05) is 35.4 Å². The fraction of sp³-hybridized carbons (Fsp3) is 0.391. The summed E-state index contributed by atoms with van der Waals surface area (Å²) in [4.78, 5) is 29.0. The molecule has 2 aromatic carbocycles. The predicted octanol–water partition coefficient (Wildman–Crippen LogP) is 3.57. The van der Waals surface area contributed by atoms with E-state index >= 15 is 0 Å². The minimum atomic E-state index is -0.595. The Kier molecular flexibility index (Phi) is 7.21. The van der Waals surface area contributed by atoms with E-state index in [-0.39, 0.29) is 6.04 Å². The lowest BCUT2D eigenvalue weighted by atomic mass is 10.0. The average molecular weight is 430 g/mol. The van der Waals surface area contributed by atoms with Crippen molar-refractivity contribution in [3.05, 3.63) is 58.6 Å². The lowest BCUT2D eigenvalue weighted by molar-refractivity contribution is -0.146. The topological polar surface area (TPSA) is 61.9 Å². The van der Waals surface area contributed by atoms with E-state index in [1.54, 1.807) is 4.90 Å². The molecule has 0 aliphatic carbocycles. The molecule has 30 heavy (non-hydrogen) atoms. The second-order valence-corrected chi connectivity index (χ2v) is 7.86. The van der Waals surface area contributed by atoms with E-state index in [0.717, 1.165) is 22.6 Å². The summed E-state index contributed by atoms with van der Waals surface area (Å²) in [6.07, 6.45) is 0. The predicted molar refractivity (Wildman–Crippen MR) is 119 cm³/mol. The molecule has 3 rings (SSSR count). The minimum absolute atomic E-state index is 0.337. The maximum absolute atomic E-state index is 12.7.